The highest BCUT2D eigenvalue weighted by Gasteiger charge is 2.46. The third kappa shape index (κ3) is 7.70. The highest BCUT2D eigenvalue weighted by molar-refractivity contribution is 6.77. The van der Waals surface area contributed by atoms with Gasteiger partial charge < -0.3 is 4.43 Å². The lowest BCUT2D eigenvalue weighted by Crippen LogP contribution is -2.50. The van der Waals surface area contributed by atoms with E-state index in [0.29, 0.717) is 35.2 Å². The average molecular weight is 453 g/mol. The number of hydrogen-bond acceptors (Lipinski definition) is 2. The lowest BCUT2D eigenvalue weighted by molar-refractivity contribution is -0.119. The van der Waals surface area contributed by atoms with E-state index >= 15 is 0 Å². The molecule has 0 heterocycles. The highest BCUT2D eigenvalue weighted by atomic mass is 28.4. The Morgan fingerprint density at radius 2 is 1.16 bits per heavy atom. The second-order valence-electron chi connectivity index (χ2n) is 10.1. The molecule has 0 saturated carbocycles. The molecule has 1 unspecified atom stereocenters. The zero-order chi connectivity index (χ0) is 23.6. The van der Waals surface area contributed by atoms with Gasteiger partial charge in [0, 0.05) is 18.9 Å². The topological polar surface area (TPSA) is 26.3 Å². The van der Waals surface area contributed by atoms with Crippen LogP contribution in [0, 0.1) is 0 Å². The fourth-order valence-electron chi connectivity index (χ4n) is 5.31. The summed E-state index contributed by atoms with van der Waals surface area (Å²) in [6, 6.07) is 21.0. The minimum absolute atomic E-state index is 0.148. The van der Waals surface area contributed by atoms with E-state index in [4.69, 9.17) is 4.43 Å². The van der Waals surface area contributed by atoms with Crippen molar-refractivity contribution in [1.29, 1.82) is 0 Å². The molecule has 1 atom stereocenters. The van der Waals surface area contributed by atoms with Gasteiger partial charge in [-0.3, -0.25) is 4.79 Å². The summed E-state index contributed by atoms with van der Waals surface area (Å²) in [6.07, 6.45) is 5.04. The highest BCUT2D eigenvalue weighted by Crippen LogP contribution is 2.43. The Bertz CT molecular complexity index is 762. The van der Waals surface area contributed by atoms with Crippen molar-refractivity contribution in [2.24, 2.45) is 0 Å². The van der Waals surface area contributed by atoms with E-state index in [9.17, 15) is 4.79 Å². The minimum atomic E-state index is -1.98. The predicted molar refractivity (Wildman–Crippen MR) is 140 cm³/mol. The quantitative estimate of drug-likeness (QED) is 0.270. The molecule has 0 N–H and O–H groups in total. The average Bonchev–Trinajstić information content (AvgIpc) is 2.77. The van der Waals surface area contributed by atoms with Gasteiger partial charge in [0.2, 0.25) is 8.32 Å². The normalized spacial score (nSPS) is 13.2. The van der Waals surface area contributed by atoms with Gasteiger partial charge in [-0.15, -0.1) is 0 Å². The molecule has 0 aromatic heterocycles. The summed E-state index contributed by atoms with van der Waals surface area (Å²) in [7, 11) is -1.98. The van der Waals surface area contributed by atoms with Crippen LogP contribution in [0.15, 0.2) is 60.7 Å². The fraction of sp³-hybridized carbons (Fsp3) is 0.552. The number of ketones is 1. The summed E-state index contributed by atoms with van der Waals surface area (Å²) in [5, 5.41) is 0. The van der Waals surface area contributed by atoms with Crippen LogP contribution < -0.4 is 0 Å². The second-order valence-corrected chi connectivity index (χ2v) is 15.6. The van der Waals surface area contributed by atoms with E-state index in [1.54, 1.807) is 0 Å². The first-order valence-electron chi connectivity index (χ1n) is 12.5. The van der Waals surface area contributed by atoms with Crippen molar-refractivity contribution in [3.05, 3.63) is 71.8 Å². The molecular formula is C29H44O2Si. The van der Waals surface area contributed by atoms with Crippen molar-refractivity contribution in [1.82, 2.24) is 0 Å². The summed E-state index contributed by atoms with van der Waals surface area (Å²) in [5.74, 6) is 0.355. The smallest absolute Gasteiger partial charge is 0.200 e. The maximum Gasteiger partial charge on any atom is 0.200 e. The summed E-state index contributed by atoms with van der Waals surface area (Å²) in [4.78, 5) is 12.7. The van der Waals surface area contributed by atoms with Crippen LogP contribution in [0.4, 0.5) is 0 Å². The van der Waals surface area contributed by atoms with Crippen molar-refractivity contribution in [3.63, 3.8) is 0 Å². The van der Waals surface area contributed by atoms with Gasteiger partial charge in [-0.05, 0) is 53.4 Å². The van der Waals surface area contributed by atoms with E-state index in [1.807, 2.05) is 18.2 Å². The third-order valence-corrected chi connectivity index (χ3v) is 13.1. The first kappa shape index (κ1) is 26.5. The Labute approximate surface area is 197 Å². The standard InChI is InChI=1S/C29H44O2Si/c1-23(2)32(24(3)4,25(5)6)31-29(21-18-27-15-11-8-12-16-27)22-20-28(30)19-17-26-13-9-7-10-14-26/h7-16,23-25,29H,17-22H2,1-6H3. The Balaban J connectivity index is 2.06. The van der Waals surface area contributed by atoms with E-state index < -0.39 is 8.32 Å². The van der Waals surface area contributed by atoms with E-state index in [-0.39, 0.29) is 6.10 Å². The third-order valence-electron chi connectivity index (χ3n) is 6.96. The molecule has 0 bridgehead atoms. The van der Waals surface area contributed by atoms with Gasteiger partial charge >= 0.3 is 0 Å². The van der Waals surface area contributed by atoms with Crippen LogP contribution in [-0.4, -0.2) is 20.2 Å². The molecule has 3 heteroatoms. The van der Waals surface area contributed by atoms with Crippen LogP contribution >= 0.6 is 0 Å². The molecule has 2 rings (SSSR count). The van der Waals surface area contributed by atoms with Crippen LogP contribution in [0.5, 0.6) is 0 Å². The molecule has 0 aliphatic carbocycles. The molecule has 32 heavy (non-hydrogen) atoms. The molecule has 2 aromatic rings. The Kier molecular flexibility index (Phi) is 10.9. The Morgan fingerprint density at radius 1 is 0.688 bits per heavy atom. The molecule has 0 radical (unpaired) electrons. The molecule has 176 valence electrons. The van der Waals surface area contributed by atoms with Crippen LogP contribution in [0.2, 0.25) is 16.6 Å². The van der Waals surface area contributed by atoms with Crippen molar-refractivity contribution in [2.75, 3.05) is 0 Å². The maximum atomic E-state index is 12.7. The molecule has 0 fully saturated rings. The van der Waals surface area contributed by atoms with Gasteiger partial charge in [0.1, 0.15) is 5.78 Å². The van der Waals surface area contributed by atoms with Gasteiger partial charge in [-0.25, -0.2) is 0 Å². The van der Waals surface area contributed by atoms with E-state index in [2.05, 4.69) is 84.0 Å². The number of rotatable bonds is 14. The molecule has 2 aromatic carbocycles. The Morgan fingerprint density at radius 3 is 1.62 bits per heavy atom. The van der Waals surface area contributed by atoms with Crippen molar-refractivity contribution >= 4 is 14.1 Å². The summed E-state index contributed by atoms with van der Waals surface area (Å²) >= 11 is 0. The minimum Gasteiger partial charge on any atom is -0.413 e. The molecule has 0 aliphatic heterocycles. The number of Topliss-reactive ketones (excluding diaryl/α,β-unsaturated/α-hetero) is 1. The molecular weight excluding hydrogens is 408 g/mol. The largest absolute Gasteiger partial charge is 0.413 e. The van der Waals surface area contributed by atoms with E-state index in [1.165, 1.54) is 11.1 Å². The van der Waals surface area contributed by atoms with Gasteiger partial charge in [0.05, 0.1) is 0 Å². The van der Waals surface area contributed by atoms with Crippen LogP contribution in [-0.2, 0) is 22.1 Å². The predicted octanol–water partition coefficient (Wildman–Crippen LogP) is 8.16. The molecule has 0 amide bonds. The van der Waals surface area contributed by atoms with Crippen molar-refractivity contribution in [2.45, 2.75) is 103 Å². The van der Waals surface area contributed by atoms with Gasteiger partial charge in [-0.2, -0.15) is 0 Å². The van der Waals surface area contributed by atoms with Gasteiger partial charge in [0.15, 0.2) is 0 Å². The van der Waals surface area contributed by atoms with Gasteiger partial charge in [-0.1, -0.05) is 102 Å². The van der Waals surface area contributed by atoms with Crippen LogP contribution in [0.1, 0.15) is 78.4 Å². The van der Waals surface area contributed by atoms with Gasteiger partial charge in [0.25, 0.3) is 0 Å². The summed E-state index contributed by atoms with van der Waals surface area (Å²) in [6.45, 7) is 14.0. The van der Waals surface area contributed by atoms with Crippen molar-refractivity contribution in [3.8, 4) is 0 Å². The zero-order valence-corrected chi connectivity index (χ0v) is 22.1. The number of carbonyl (C=O) groups is 1. The SMILES string of the molecule is CC(C)[Si](OC(CCC(=O)CCc1ccccc1)CCc1ccccc1)(C(C)C)C(C)C. The molecule has 0 spiro atoms. The first-order chi connectivity index (χ1) is 15.3. The molecule has 0 saturated heterocycles. The Hall–Kier alpha value is -1.71. The molecule has 0 aliphatic rings. The number of carbonyl (C=O) groups excluding carboxylic acids is 1. The maximum absolute atomic E-state index is 12.7. The van der Waals surface area contributed by atoms with Crippen LogP contribution in [0.3, 0.4) is 0 Å². The lowest BCUT2D eigenvalue weighted by atomic mass is 10.0. The monoisotopic (exact) mass is 452 g/mol. The fourth-order valence-corrected chi connectivity index (χ4v) is 10.9. The van der Waals surface area contributed by atoms with Crippen LogP contribution in [0.25, 0.3) is 0 Å². The summed E-state index contributed by atoms with van der Waals surface area (Å²) in [5.41, 5.74) is 4.24. The first-order valence-corrected chi connectivity index (χ1v) is 14.7. The zero-order valence-electron chi connectivity index (χ0n) is 21.1. The second kappa shape index (κ2) is 13.1. The number of hydrogen-bond donors (Lipinski definition) is 0. The number of aryl methyl sites for hydroxylation is 2. The number of benzene rings is 2. The molecule has 2 nitrogen and oxygen atoms in total. The van der Waals surface area contributed by atoms with Crippen molar-refractivity contribution < 1.29 is 9.22 Å². The summed E-state index contributed by atoms with van der Waals surface area (Å²) < 4.78 is 7.14. The lowest BCUT2D eigenvalue weighted by Gasteiger charge is -2.45. The van der Waals surface area contributed by atoms with E-state index in [0.717, 1.165) is 25.7 Å².